The number of rotatable bonds is 8. The number of nitrogens with zero attached hydrogens (tertiary/aromatic N) is 2. The molecule has 3 aliphatic rings. The Bertz CT molecular complexity index is 1340. The number of hydrogen-bond donors (Lipinski definition) is 3. The molecule has 0 bridgehead atoms. The Hall–Kier alpha value is -3.27. The highest BCUT2D eigenvalue weighted by molar-refractivity contribution is 7.08. The third-order valence-corrected chi connectivity index (χ3v) is 9.80. The number of carboxylic acid groups (broad SMARTS) is 1. The largest absolute Gasteiger partial charge is 0.465 e. The van der Waals surface area contributed by atoms with Gasteiger partial charge in [-0.1, -0.05) is 24.3 Å². The van der Waals surface area contributed by atoms with Crippen LogP contribution in [0.4, 0.5) is 10.5 Å². The molecular weight excluding hydrogens is 536 g/mol. The van der Waals surface area contributed by atoms with Gasteiger partial charge in [-0.15, -0.1) is 0 Å². The molecule has 6 rings (SSSR count). The van der Waals surface area contributed by atoms with Crippen molar-refractivity contribution in [3.8, 4) is 22.4 Å². The van der Waals surface area contributed by atoms with Crippen molar-refractivity contribution in [2.24, 2.45) is 5.92 Å². The molecule has 8 nitrogen and oxygen atoms in total. The summed E-state index contributed by atoms with van der Waals surface area (Å²) in [5.74, 6) is 0.468. The maximum absolute atomic E-state index is 13.0. The third-order valence-electron chi connectivity index (χ3n) is 9.12. The highest BCUT2D eigenvalue weighted by atomic mass is 32.1. The van der Waals surface area contributed by atoms with Gasteiger partial charge in [-0.2, -0.15) is 11.3 Å². The number of carbonyl (C=O) groups excluding carboxylic acids is 1. The summed E-state index contributed by atoms with van der Waals surface area (Å²) >= 11 is 1.62. The Morgan fingerprint density at radius 1 is 1.05 bits per heavy atom. The van der Waals surface area contributed by atoms with E-state index in [1.807, 2.05) is 35.7 Å². The van der Waals surface area contributed by atoms with E-state index in [0.717, 1.165) is 99.2 Å². The first-order valence-electron chi connectivity index (χ1n) is 14.8. The molecule has 2 saturated carbocycles. The van der Waals surface area contributed by atoms with Crippen LogP contribution in [0.1, 0.15) is 56.9 Å². The van der Waals surface area contributed by atoms with Crippen LogP contribution < -0.4 is 10.6 Å². The lowest BCUT2D eigenvalue weighted by Crippen LogP contribution is -2.50. The van der Waals surface area contributed by atoms with Crippen LogP contribution in [-0.4, -0.2) is 59.3 Å². The predicted octanol–water partition coefficient (Wildman–Crippen LogP) is 6.34. The van der Waals surface area contributed by atoms with Crippen molar-refractivity contribution in [1.29, 1.82) is 0 Å². The molecule has 0 atom stereocenters. The van der Waals surface area contributed by atoms with Gasteiger partial charge < -0.3 is 20.5 Å². The van der Waals surface area contributed by atoms with E-state index >= 15 is 0 Å². The minimum atomic E-state index is -0.992. The van der Waals surface area contributed by atoms with Crippen molar-refractivity contribution in [2.45, 2.75) is 62.9 Å². The van der Waals surface area contributed by atoms with Crippen molar-refractivity contribution < 1.29 is 19.4 Å². The number of thiophene rings is 1. The van der Waals surface area contributed by atoms with Gasteiger partial charge in [-0.05, 0) is 84.9 Å². The molecule has 0 unspecified atom stereocenters. The van der Waals surface area contributed by atoms with Gasteiger partial charge in [0.05, 0.1) is 36.3 Å². The molecule has 1 saturated heterocycles. The van der Waals surface area contributed by atoms with Gasteiger partial charge in [-0.3, -0.25) is 14.7 Å². The zero-order valence-electron chi connectivity index (χ0n) is 23.3. The normalized spacial score (nSPS) is 22.4. The number of morpholine rings is 1. The number of aromatic nitrogens is 1. The number of ether oxygens (including phenoxy) is 1. The number of carbonyl (C=O) groups is 2. The van der Waals surface area contributed by atoms with E-state index in [-0.39, 0.29) is 5.91 Å². The average molecular weight is 575 g/mol. The van der Waals surface area contributed by atoms with Crippen molar-refractivity contribution in [2.75, 3.05) is 31.6 Å². The molecule has 3 N–H and O–H groups in total. The smallest absolute Gasteiger partial charge is 0.405 e. The zero-order valence-corrected chi connectivity index (χ0v) is 24.1. The van der Waals surface area contributed by atoms with Crippen molar-refractivity contribution >= 4 is 29.0 Å². The van der Waals surface area contributed by atoms with Crippen LogP contribution in [0.3, 0.4) is 0 Å². The van der Waals surface area contributed by atoms with Crippen molar-refractivity contribution in [3.63, 3.8) is 0 Å². The molecule has 41 heavy (non-hydrogen) atoms. The molecular formula is C32H38N4O4S. The average Bonchev–Trinajstić information content (AvgIpc) is 3.51. The number of anilines is 1. The Labute approximate surface area is 245 Å². The Morgan fingerprint density at radius 2 is 1.80 bits per heavy atom. The van der Waals surface area contributed by atoms with Crippen LogP contribution >= 0.6 is 11.3 Å². The summed E-state index contributed by atoms with van der Waals surface area (Å²) in [5, 5.41) is 19.3. The Kier molecular flexibility index (Phi) is 8.37. The lowest BCUT2D eigenvalue weighted by molar-refractivity contribution is -0.117. The van der Waals surface area contributed by atoms with Crippen LogP contribution in [0.25, 0.3) is 22.4 Å². The predicted molar refractivity (Wildman–Crippen MR) is 161 cm³/mol. The second-order valence-electron chi connectivity index (χ2n) is 11.7. The topological polar surface area (TPSA) is 104 Å². The fourth-order valence-corrected chi connectivity index (χ4v) is 7.36. The number of nitrogens with one attached hydrogen (secondary N) is 2. The Balaban J connectivity index is 1.13. The first-order valence-corrected chi connectivity index (χ1v) is 15.7. The van der Waals surface area contributed by atoms with Gasteiger partial charge in [0.2, 0.25) is 5.91 Å². The van der Waals surface area contributed by atoms with Crippen molar-refractivity contribution in [3.05, 3.63) is 58.9 Å². The molecule has 3 fully saturated rings. The molecule has 3 heterocycles. The van der Waals surface area contributed by atoms with Gasteiger partial charge in [0.1, 0.15) is 0 Å². The van der Waals surface area contributed by atoms with Gasteiger partial charge in [0.15, 0.2) is 0 Å². The highest BCUT2D eigenvalue weighted by Crippen LogP contribution is 2.42. The lowest BCUT2D eigenvalue weighted by atomic mass is 9.71. The molecule has 2 aliphatic carbocycles. The van der Waals surface area contributed by atoms with Gasteiger partial charge >= 0.3 is 6.09 Å². The van der Waals surface area contributed by atoms with Crippen LogP contribution in [0.15, 0.2) is 53.4 Å². The summed E-state index contributed by atoms with van der Waals surface area (Å²) in [5.41, 5.74) is 5.00. The molecule has 216 valence electrons. The van der Waals surface area contributed by atoms with Crippen LogP contribution in [0, 0.1) is 5.92 Å². The summed E-state index contributed by atoms with van der Waals surface area (Å²) in [6.45, 7) is 3.72. The van der Waals surface area contributed by atoms with E-state index in [2.05, 4.69) is 27.0 Å². The maximum Gasteiger partial charge on any atom is 0.405 e. The Morgan fingerprint density at radius 3 is 2.44 bits per heavy atom. The minimum absolute atomic E-state index is 0.0479. The van der Waals surface area contributed by atoms with Gasteiger partial charge in [0.25, 0.3) is 0 Å². The number of hydrogen-bond acceptors (Lipinski definition) is 6. The zero-order chi connectivity index (χ0) is 28.2. The number of amides is 2. The first kappa shape index (κ1) is 27.9. The molecule has 0 spiro atoms. The second kappa shape index (κ2) is 12.3. The van der Waals surface area contributed by atoms with Crippen LogP contribution in [0.2, 0.25) is 0 Å². The fourth-order valence-electron chi connectivity index (χ4n) is 6.70. The molecule has 1 aliphatic heterocycles. The molecule has 2 amide bonds. The second-order valence-corrected chi connectivity index (χ2v) is 12.4. The minimum Gasteiger partial charge on any atom is -0.465 e. The lowest BCUT2D eigenvalue weighted by Gasteiger charge is -2.42. The van der Waals surface area contributed by atoms with E-state index in [1.54, 1.807) is 17.5 Å². The first-order chi connectivity index (χ1) is 20.0. The molecule has 2 aromatic heterocycles. The molecule has 1 aromatic carbocycles. The summed E-state index contributed by atoms with van der Waals surface area (Å²) in [6.07, 6.45) is 8.40. The SMILES string of the molecule is O=C(O)NC1(c2ccc(-c3ncc(NC(=O)CC4CCC(N5CCOCC5)CC4)cc3-c3ccsc3)cc2)CCC1. The van der Waals surface area contributed by atoms with Crippen LogP contribution in [0.5, 0.6) is 0 Å². The molecule has 0 radical (unpaired) electrons. The summed E-state index contributed by atoms with van der Waals surface area (Å²) in [7, 11) is 0. The summed E-state index contributed by atoms with van der Waals surface area (Å²) in [6, 6.07) is 12.8. The third kappa shape index (κ3) is 6.32. The number of benzene rings is 1. The van der Waals surface area contributed by atoms with E-state index < -0.39 is 11.6 Å². The summed E-state index contributed by atoms with van der Waals surface area (Å²) < 4.78 is 5.50. The van der Waals surface area contributed by atoms with Gasteiger partial charge in [0, 0.05) is 36.7 Å². The van der Waals surface area contributed by atoms with E-state index in [1.165, 1.54) is 0 Å². The van der Waals surface area contributed by atoms with E-state index in [9.17, 15) is 14.7 Å². The molecule has 9 heteroatoms. The van der Waals surface area contributed by atoms with E-state index in [0.29, 0.717) is 24.1 Å². The standard InChI is InChI=1S/C32H38N4O4S/c37-29(18-22-2-8-27(9-3-22)36-13-15-40-16-14-36)34-26-19-28(24-10-17-41-21-24)30(33-20-26)23-4-6-25(7-5-23)32(11-1-12-32)35-31(38)39/h4-7,10,17,19-22,27,35H,1-3,8-9,11-16,18H2,(H,34,37)(H,38,39). The van der Waals surface area contributed by atoms with E-state index in [4.69, 9.17) is 9.72 Å². The summed E-state index contributed by atoms with van der Waals surface area (Å²) in [4.78, 5) is 31.8. The maximum atomic E-state index is 13.0. The van der Waals surface area contributed by atoms with Crippen molar-refractivity contribution in [1.82, 2.24) is 15.2 Å². The monoisotopic (exact) mass is 574 g/mol. The van der Waals surface area contributed by atoms with Gasteiger partial charge in [-0.25, -0.2) is 4.79 Å². The quantitative estimate of drug-likeness (QED) is 0.290. The number of pyridine rings is 1. The molecule has 3 aromatic rings. The van der Waals surface area contributed by atoms with Crippen LogP contribution in [-0.2, 0) is 15.1 Å². The highest BCUT2D eigenvalue weighted by Gasteiger charge is 2.40. The fraction of sp³-hybridized carbons (Fsp3) is 0.469.